The van der Waals surface area contributed by atoms with Gasteiger partial charge >= 0.3 is 11.9 Å². The van der Waals surface area contributed by atoms with E-state index in [9.17, 15) is 14.4 Å². The maximum atomic E-state index is 12.1. The van der Waals surface area contributed by atoms with E-state index in [1.54, 1.807) is 0 Å². The SMILES string of the molecule is N#CCCN1CCCC(C(=O)NC(CC(=O)O)C(=O)O)C1. The van der Waals surface area contributed by atoms with Crippen molar-refractivity contribution < 1.29 is 24.6 Å². The van der Waals surface area contributed by atoms with Crippen molar-refractivity contribution in [3.05, 3.63) is 0 Å². The summed E-state index contributed by atoms with van der Waals surface area (Å²) in [5.74, 6) is -3.44. The molecule has 8 nitrogen and oxygen atoms in total. The zero-order valence-corrected chi connectivity index (χ0v) is 11.6. The Balaban J connectivity index is 2.54. The van der Waals surface area contributed by atoms with Crippen LogP contribution in [0.4, 0.5) is 0 Å². The van der Waals surface area contributed by atoms with Crippen molar-refractivity contribution in [3.8, 4) is 6.07 Å². The molecule has 2 atom stereocenters. The fraction of sp³-hybridized carbons (Fsp3) is 0.692. The number of carbonyl (C=O) groups is 3. The fourth-order valence-electron chi connectivity index (χ4n) is 2.35. The second-order valence-corrected chi connectivity index (χ2v) is 5.05. The quantitative estimate of drug-likeness (QED) is 0.585. The van der Waals surface area contributed by atoms with Gasteiger partial charge in [-0.1, -0.05) is 0 Å². The maximum absolute atomic E-state index is 12.1. The van der Waals surface area contributed by atoms with Gasteiger partial charge in [0.1, 0.15) is 6.04 Å². The minimum Gasteiger partial charge on any atom is -0.481 e. The van der Waals surface area contributed by atoms with Gasteiger partial charge in [-0.2, -0.15) is 5.26 Å². The van der Waals surface area contributed by atoms with Crippen molar-refractivity contribution in [3.63, 3.8) is 0 Å². The number of rotatable bonds is 7. The van der Waals surface area contributed by atoms with Crippen LogP contribution < -0.4 is 5.32 Å². The first-order valence-corrected chi connectivity index (χ1v) is 6.78. The van der Waals surface area contributed by atoms with E-state index in [2.05, 4.69) is 5.32 Å². The normalized spacial score (nSPS) is 20.2. The Labute approximate surface area is 122 Å². The van der Waals surface area contributed by atoms with Crippen molar-refractivity contribution in [2.24, 2.45) is 5.92 Å². The van der Waals surface area contributed by atoms with Gasteiger partial charge in [-0.05, 0) is 19.4 Å². The number of nitrogens with zero attached hydrogens (tertiary/aromatic N) is 2. The smallest absolute Gasteiger partial charge is 0.326 e. The average Bonchev–Trinajstić information content (AvgIpc) is 2.44. The van der Waals surface area contributed by atoms with Crippen LogP contribution in [0.3, 0.4) is 0 Å². The molecule has 0 saturated carbocycles. The van der Waals surface area contributed by atoms with Crippen LogP contribution in [-0.4, -0.2) is 58.6 Å². The molecule has 1 saturated heterocycles. The molecule has 2 unspecified atom stereocenters. The lowest BCUT2D eigenvalue weighted by atomic mass is 9.96. The number of hydrogen-bond donors (Lipinski definition) is 3. The molecule has 21 heavy (non-hydrogen) atoms. The van der Waals surface area contributed by atoms with Crippen molar-refractivity contribution in [1.29, 1.82) is 5.26 Å². The number of amides is 1. The highest BCUT2D eigenvalue weighted by atomic mass is 16.4. The Hall–Kier alpha value is -2.14. The number of hydrogen-bond acceptors (Lipinski definition) is 5. The summed E-state index contributed by atoms with van der Waals surface area (Å²) in [6, 6.07) is 0.630. The summed E-state index contributed by atoms with van der Waals surface area (Å²) in [5, 5.41) is 28.4. The van der Waals surface area contributed by atoms with Crippen LogP contribution in [0.5, 0.6) is 0 Å². The Kier molecular flexibility index (Phi) is 6.62. The van der Waals surface area contributed by atoms with Gasteiger partial charge in [0.05, 0.1) is 18.4 Å². The van der Waals surface area contributed by atoms with Gasteiger partial charge in [-0.25, -0.2) is 4.79 Å². The molecule has 1 aliphatic heterocycles. The third-order valence-electron chi connectivity index (χ3n) is 3.41. The van der Waals surface area contributed by atoms with E-state index < -0.39 is 30.3 Å². The van der Waals surface area contributed by atoms with Crippen LogP contribution in [0.2, 0.25) is 0 Å². The van der Waals surface area contributed by atoms with E-state index in [1.165, 1.54) is 0 Å². The number of carboxylic acids is 2. The van der Waals surface area contributed by atoms with Gasteiger partial charge in [0, 0.05) is 19.5 Å². The Morgan fingerprint density at radius 1 is 1.38 bits per heavy atom. The number of aliphatic carboxylic acids is 2. The molecule has 1 heterocycles. The van der Waals surface area contributed by atoms with Crippen molar-refractivity contribution >= 4 is 17.8 Å². The van der Waals surface area contributed by atoms with Gasteiger partial charge in [-0.3, -0.25) is 9.59 Å². The minimum atomic E-state index is -1.41. The number of carbonyl (C=O) groups excluding carboxylic acids is 1. The third-order valence-corrected chi connectivity index (χ3v) is 3.41. The maximum Gasteiger partial charge on any atom is 0.326 e. The molecule has 0 aromatic carbocycles. The molecule has 0 aliphatic carbocycles. The first-order chi connectivity index (χ1) is 9.93. The molecule has 0 radical (unpaired) electrons. The summed E-state index contributed by atoms with van der Waals surface area (Å²) in [6.45, 7) is 1.85. The summed E-state index contributed by atoms with van der Waals surface area (Å²) >= 11 is 0. The topological polar surface area (TPSA) is 131 Å². The standard InChI is InChI=1S/C13H19N3O5/c14-4-2-6-16-5-1-3-9(8-16)12(19)15-10(13(20)21)7-11(17)18/h9-10H,1-3,5-8H2,(H,15,19)(H,17,18)(H,20,21). The van der Waals surface area contributed by atoms with E-state index in [1.807, 2.05) is 11.0 Å². The van der Waals surface area contributed by atoms with Crippen molar-refractivity contribution in [2.75, 3.05) is 19.6 Å². The highest BCUT2D eigenvalue weighted by Gasteiger charge is 2.30. The van der Waals surface area contributed by atoms with Gasteiger partial charge in [0.15, 0.2) is 0 Å². The van der Waals surface area contributed by atoms with Gasteiger partial charge in [-0.15, -0.1) is 0 Å². The van der Waals surface area contributed by atoms with Crippen molar-refractivity contribution in [2.45, 2.75) is 31.7 Å². The molecular formula is C13H19N3O5. The molecule has 3 N–H and O–H groups in total. The van der Waals surface area contributed by atoms with Gasteiger partial charge < -0.3 is 20.4 Å². The number of carboxylic acid groups (broad SMARTS) is 2. The molecule has 0 spiro atoms. The van der Waals surface area contributed by atoms with Gasteiger partial charge in [0.25, 0.3) is 0 Å². The number of nitrogens with one attached hydrogen (secondary N) is 1. The zero-order chi connectivity index (χ0) is 15.8. The molecule has 1 aliphatic rings. The molecule has 1 amide bonds. The number of piperidine rings is 1. The van der Waals surface area contributed by atoms with E-state index in [-0.39, 0.29) is 5.92 Å². The molecule has 1 fully saturated rings. The molecule has 0 aromatic rings. The van der Waals surface area contributed by atoms with E-state index in [4.69, 9.17) is 15.5 Å². The second-order valence-electron chi connectivity index (χ2n) is 5.05. The third kappa shape index (κ3) is 5.79. The highest BCUT2D eigenvalue weighted by molar-refractivity contribution is 5.87. The monoisotopic (exact) mass is 297 g/mol. The van der Waals surface area contributed by atoms with Crippen molar-refractivity contribution in [1.82, 2.24) is 10.2 Å². The Morgan fingerprint density at radius 3 is 2.67 bits per heavy atom. The van der Waals surface area contributed by atoms with Crippen LogP contribution in [0, 0.1) is 17.2 Å². The molecule has 0 aromatic heterocycles. The fourth-order valence-corrected chi connectivity index (χ4v) is 2.35. The largest absolute Gasteiger partial charge is 0.481 e. The summed E-state index contributed by atoms with van der Waals surface area (Å²) in [6.07, 6.45) is 1.16. The first kappa shape index (κ1) is 16.9. The number of nitriles is 1. The van der Waals surface area contributed by atoms with Crippen LogP contribution in [0.1, 0.15) is 25.7 Å². The molecule has 116 valence electrons. The zero-order valence-electron chi connectivity index (χ0n) is 11.6. The lowest BCUT2D eigenvalue weighted by Crippen LogP contribution is -2.49. The highest BCUT2D eigenvalue weighted by Crippen LogP contribution is 2.17. The summed E-state index contributed by atoms with van der Waals surface area (Å²) in [7, 11) is 0. The second kappa shape index (κ2) is 8.21. The van der Waals surface area contributed by atoms with E-state index >= 15 is 0 Å². The summed E-state index contributed by atoms with van der Waals surface area (Å²) in [5.41, 5.74) is 0. The van der Waals surface area contributed by atoms with Crippen LogP contribution in [0.15, 0.2) is 0 Å². The van der Waals surface area contributed by atoms with E-state index in [0.717, 1.165) is 13.0 Å². The first-order valence-electron chi connectivity index (χ1n) is 6.78. The summed E-state index contributed by atoms with van der Waals surface area (Å²) < 4.78 is 0. The van der Waals surface area contributed by atoms with E-state index in [0.29, 0.717) is 25.9 Å². The lowest BCUT2D eigenvalue weighted by molar-refractivity contribution is -0.147. The lowest BCUT2D eigenvalue weighted by Gasteiger charge is -2.31. The number of likely N-dealkylation sites (tertiary alicyclic amines) is 1. The van der Waals surface area contributed by atoms with Gasteiger partial charge in [0.2, 0.25) is 5.91 Å². The predicted molar refractivity (Wildman–Crippen MR) is 71.2 cm³/mol. The Morgan fingerprint density at radius 2 is 2.10 bits per heavy atom. The molecule has 8 heteroatoms. The van der Waals surface area contributed by atoms with Crippen LogP contribution in [-0.2, 0) is 14.4 Å². The molecular weight excluding hydrogens is 278 g/mol. The Bertz CT molecular complexity index is 446. The predicted octanol–water partition coefficient (Wildman–Crippen LogP) is -0.344. The molecule has 1 rings (SSSR count). The minimum absolute atomic E-state index is 0.368. The molecule has 0 bridgehead atoms. The van der Waals surface area contributed by atoms with Crippen LogP contribution in [0.25, 0.3) is 0 Å². The van der Waals surface area contributed by atoms with Crippen LogP contribution >= 0.6 is 0 Å². The summed E-state index contributed by atoms with van der Waals surface area (Å²) in [4.78, 5) is 35.6. The average molecular weight is 297 g/mol.